The van der Waals surface area contributed by atoms with Gasteiger partial charge < -0.3 is 11.5 Å². The van der Waals surface area contributed by atoms with Gasteiger partial charge in [-0.1, -0.05) is 12.2 Å². The molecule has 0 saturated carbocycles. The van der Waals surface area contributed by atoms with Crippen LogP contribution in [-0.4, -0.2) is 26.9 Å². The highest BCUT2D eigenvalue weighted by molar-refractivity contribution is 6.01. The zero-order valence-corrected chi connectivity index (χ0v) is 8.82. The van der Waals surface area contributed by atoms with Gasteiger partial charge in [-0.3, -0.25) is 4.79 Å². The maximum absolute atomic E-state index is 10.9. The molecule has 1 aromatic rings. The first-order valence-electron chi connectivity index (χ1n) is 4.85. The second-order valence-corrected chi connectivity index (χ2v) is 3.33. The molecular formula is C10H10N6O. The van der Waals surface area contributed by atoms with Crippen molar-refractivity contribution in [3.8, 4) is 0 Å². The molecule has 0 atom stereocenters. The summed E-state index contributed by atoms with van der Waals surface area (Å²) in [4.78, 5) is 26.1. The van der Waals surface area contributed by atoms with Crippen LogP contribution in [-0.2, 0) is 4.79 Å². The van der Waals surface area contributed by atoms with Crippen molar-refractivity contribution >= 4 is 29.8 Å². The Morgan fingerprint density at radius 2 is 1.71 bits per heavy atom. The van der Waals surface area contributed by atoms with Crippen LogP contribution < -0.4 is 11.5 Å². The molecule has 0 radical (unpaired) electrons. The highest BCUT2D eigenvalue weighted by Crippen LogP contribution is 2.10. The normalized spacial score (nSPS) is 15.9. The Morgan fingerprint density at radius 1 is 1.12 bits per heavy atom. The fourth-order valence-electron chi connectivity index (χ4n) is 1.24. The summed E-state index contributed by atoms with van der Waals surface area (Å²) >= 11 is 0. The third-order valence-electron chi connectivity index (χ3n) is 1.99. The number of nitrogens with two attached hydrogens (primary N) is 2. The molecule has 0 saturated heterocycles. The van der Waals surface area contributed by atoms with Crippen molar-refractivity contribution in [3.63, 3.8) is 0 Å². The standard InChI is InChI=1S/C10H10N6O/c11-8-14-9(12)16-10(15-8)13-5-6-1-3-7(17)4-2-6/h1-6H,(H4,11,12,14,15,16)/b13-5+. The Hall–Kier alpha value is -2.57. The van der Waals surface area contributed by atoms with Crippen LogP contribution in [0.1, 0.15) is 0 Å². The van der Waals surface area contributed by atoms with Crippen LogP contribution in [0.3, 0.4) is 0 Å². The van der Waals surface area contributed by atoms with E-state index in [1.54, 1.807) is 18.4 Å². The molecule has 1 aliphatic carbocycles. The van der Waals surface area contributed by atoms with E-state index < -0.39 is 0 Å². The van der Waals surface area contributed by atoms with Gasteiger partial charge >= 0.3 is 0 Å². The summed E-state index contributed by atoms with van der Waals surface area (Å²) in [7, 11) is 0. The first-order valence-corrected chi connectivity index (χ1v) is 4.85. The minimum absolute atomic E-state index is 0.0227. The Kier molecular flexibility index (Phi) is 2.91. The predicted molar refractivity (Wildman–Crippen MR) is 63.6 cm³/mol. The average Bonchev–Trinajstić information content (AvgIpc) is 2.27. The van der Waals surface area contributed by atoms with E-state index in [2.05, 4.69) is 19.9 Å². The fraction of sp³-hybridized carbons (Fsp3) is 0.100. The smallest absolute Gasteiger partial charge is 0.255 e. The Bertz CT molecular complexity index is 497. The van der Waals surface area contributed by atoms with Crippen LogP contribution in [0.15, 0.2) is 29.3 Å². The lowest BCUT2D eigenvalue weighted by Gasteiger charge is -2.03. The van der Waals surface area contributed by atoms with Gasteiger partial charge in [-0.05, 0) is 12.2 Å². The Morgan fingerprint density at radius 3 is 2.29 bits per heavy atom. The molecule has 0 fully saturated rings. The summed E-state index contributed by atoms with van der Waals surface area (Å²) < 4.78 is 0. The van der Waals surface area contributed by atoms with Gasteiger partial charge in [-0.2, -0.15) is 15.0 Å². The number of hydrogen-bond acceptors (Lipinski definition) is 7. The number of aromatic nitrogens is 3. The molecule has 1 heterocycles. The predicted octanol–water partition coefficient (Wildman–Crippen LogP) is 0.0496. The Balaban J connectivity index is 2.13. The van der Waals surface area contributed by atoms with Gasteiger partial charge in [-0.25, -0.2) is 4.99 Å². The number of ketones is 1. The average molecular weight is 230 g/mol. The summed E-state index contributed by atoms with van der Waals surface area (Å²) in [6.07, 6.45) is 7.99. The van der Waals surface area contributed by atoms with Gasteiger partial charge in [-0.15, -0.1) is 0 Å². The number of anilines is 2. The van der Waals surface area contributed by atoms with E-state index in [9.17, 15) is 4.79 Å². The first-order chi connectivity index (χ1) is 8.13. The third-order valence-corrected chi connectivity index (χ3v) is 1.99. The molecule has 7 heteroatoms. The lowest BCUT2D eigenvalue weighted by molar-refractivity contribution is -0.110. The van der Waals surface area contributed by atoms with Gasteiger partial charge in [0.15, 0.2) is 5.78 Å². The van der Waals surface area contributed by atoms with E-state index in [0.29, 0.717) is 0 Å². The second-order valence-electron chi connectivity index (χ2n) is 3.33. The van der Waals surface area contributed by atoms with E-state index in [1.807, 2.05) is 0 Å². The van der Waals surface area contributed by atoms with Crippen LogP contribution in [0, 0.1) is 5.92 Å². The number of aliphatic imine (C=N–C) groups is 1. The lowest BCUT2D eigenvalue weighted by Crippen LogP contribution is -2.04. The van der Waals surface area contributed by atoms with E-state index in [0.717, 1.165) is 0 Å². The highest BCUT2D eigenvalue weighted by atomic mass is 16.1. The molecule has 1 aromatic heterocycles. The molecule has 86 valence electrons. The lowest BCUT2D eigenvalue weighted by atomic mass is 10.0. The SMILES string of the molecule is Nc1nc(N)nc(/N=C/C2C=CC(=O)C=C2)n1. The summed E-state index contributed by atoms with van der Waals surface area (Å²) in [6.45, 7) is 0. The van der Waals surface area contributed by atoms with E-state index in [1.165, 1.54) is 12.2 Å². The topological polar surface area (TPSA) is 120 Å². The number of nitrogens with zero attached hydrogens (tertiary/aromatic N) is 4. The summed E-state index contributed by atoms with van der Waals surface area (Å²) in [5.74, 6) is 0.0908. The molecule has 2 rings (SSSR count). The van der Waals surface area contributed by atoms with Crippen molar-refractivity contribution in [2.45, 2.75) is 0 Å². The van der Waals surface area contributed by atoms with Crippen molar-refractivity contribution in [1.29, 1.82) is 0 Å². The largest absolute Gasteiger partial charge is 0.368 e. The number of hydrogen-bond donors (Lipinski definition) is 2. The number of rotatable bonds is 2. The molecule has 7 nitrogen and oxygen atoms in total. The molecule has 0 aliphatic heterocycles. The monoisotopic (exact) mass is 230 g/mol. The van der Waals surface area contributed by atoms with Gasteiger partial charge in [0, 0.05) is 12.1 Å². The summed E-state index contributed by atoms with van der Waals surface area (Å²) in [5, 5.41) is 0. The molecule has 0 unspecified atom stereocenters. The second kappa shape index (κ2) is 4.52. The molecule has 0 aromatic carbocycles. The Labute approximate surface area is 97.0 Å². The van der Waals surface area contributed by atoms with Crippen molar-refractivity contribution in [1.82, 2.24) is 15.0 Å². The van der Waals surface area contributed by atoms with Crippen LogP contribution in [0.4, 0.5) is 17.8 Å². The number of carbonyl (C=O) groups is 1. The molecule has 0 bridgehead atoms. The molecule has 17 heavy (non-hydrogen) atoms. The first kappa shape index (κ1) is 10.9. The molecule has 0 amide bonds. The third kappa shape index (κ3) is 2.94. The van der Waals surface area contributed by atoms with Crippen molar-refractivity contribution in [2.24, 2.45) is 10.9 Å². The summed E-state index contributed by atoms with van der Waals surface area (Å²) in [6, 6.07) is 0. The van der Waals surface area contributed by atoms with Crippen LogP contribution in [0.2, 0.25) is 0 Å². The minimum Gasteiger partial charge on any atom is -0.368 e. The minimum atomic E-state index is -0.0630. The van der Waals surface area contributed by atoms with Crippen molar-refractivity contribution in [3.05, 3.63) is 24.3 Å². The molecule has 4 N–H and O–H groups in total. The maximum Gasteiger partial charge on any atom is 0.255 e. The molecular weight excluding hydrogens is 220 g/mol. The van der Waals surface area contributed by atoms with E-state index >= 15 is 0 Å². The number of allylic oxidation sites excluding steroid dienone is 4. The van der Waals surface area contributed by atoms with E-state index in [-0.39, 0.29) is 29.5 Å². The van der Waals surface area contributed by atoms with Crippen LogP contribution >= 0.6 is 0 Å². The van der Waals surface area contributed by atoms with Crippen molar-refractivity contribution in [2.75, 3.05) is 11.5 Å². The molecule has 0 spiro atoms. The van der Waals surface area contributed by atoms with E-state index in [4.69, 9.17) is 11.5 Å². The quantitative estimate of drug-likeness (QED) is 0.692. The van der Waals surface area contributed by atoms with Gasteiger partial charge in [0.2, 0.25) is 11.9 Å². The van der Waals surface area contributed by atoms with Crippen molar-refractivity contribution < 1.29 is 4.79 Å². The fourth-order valence-corrected chi connectivity index (χ4v) is 1.24. The van der Waals surface area contributed by atoms with Gasteiger partial charge in [0.1, 0.15) is 0 Å². The molecule has 1 aliphatic rings. The van der Waals surface area contributed by atoms with Gasteiger partial charge in [0.05, 0.1) is 0 Å². The van der Waals surface area contributed by atoms with Crippen LogP contribution in [0.5, 0.6) is 0 Å². The number of carbonyl (C=O) groups excluding carboxylic acids is 1. The van der Waals surface area contributed by atoms with Gasteiger partial charge in [0.25, 0.3) is 5.95 Å². The summed E-state index contributed by atoms with van der Waals surface area (Å²) in [5.41, 5.74) is 10.8. The zero-order chi connectivity index (χ0) is 12.3. The highest BCUT2D eigenvalue weighted by Gasteiger charge is 2.04. The number of nitrogen functional groups attached to an aromatic ring is 2. The van der Waals surface area contributed by atoms with Crippen LogP contribution in [0.25, 0.3) is 0 Å². The zero-order valence-electron chi connectivity index (χ0n) is 8.82. The maximum atomic E-state index is 10.9.